The van der Waals surface area contributed by atoms with E-state index >= 15 is 0 Å². The van der Waals surface area contributed by atoms with Gasteiger partial charge in [-0.3, -0.25) is 4.98 Å². The van der Waals surface area contributed by atoms with Crippen molar-refractivity contribution in [1.82, 2.24) is 9.88 Å². The minimum atomic E-state index is 0.706. The molecule has 1 aromatic heterocycles. The van der Waals surface area contributed by atoms with Crippen LogP contribution in [0.3, 0.4) is 0 Å². The molecular formula is C9H15BN2O. The molecule has 4 heteroatoms. The summed E-state index contributed by atoms with van der Waals surface area (Å²) in [7, 11) is 6.06. The third kappa shape index (κ3) is 3.94. The van der Waals surface area contributed by atoms with Crippen molar-refractivity contribution in [2.24, 2.45) is 0 Å². The number of likely N-dealkylation sites (N-methyl/N-ethyl adjacent to an activating group) is 1. The second-order valence-corrected chi connectivity index (χ2v) is 3.35. The fourth-order valence-electron chi connectivity index (χ4n) is 0.952. The summed E-state index contributed by atoms with van der Waals surface area (Å²) >= 11 is 0. The second kappa shape index (κ2) is 4.87. The summed E-state index contributed by atoms with van der Waals surface area (Å²) in [5.74, 6) is 0.849. The molecule has 0 saturated heterocycles. The molecule has 0 aromatic carbocycles. The maximum Gasteiger partial charge on any atom is 0.141 e. The number of aromatic nitrogens is 1. The van der Waals surface area contributed by atoms with Crippen LogP contribution in [0.5, 0.6) is 5.75 Å². The summed E-state index contributed by atoms with van der Waals surface area (Å²) in [4.78, 5) is 6.13. The van der Waals surface area contributed by atoms with Crippen molar-refractivity contribution in [3.05, 3.63) is 18.5 Å². The van der Waals surface area contributed by atoms with E-state index in [1.54, 1.807) is 6.20 Å². The van der Waals surface area contributed by atoms with Gasteiger partial charge in [0, 0.05) is 12.7 Å². The molecule has 0 amide bonds. The third-order valence-corrected chi connectivity index (χ3v) is 1.66. The normalized spacial score (nSPS) is 10.4. The number of nitrogens with zero attached hydrogens (tertiary/aromatic N) is 2. The van der Waals surface area contributed by atoms with Gasteiger partial charge in [0.25, 0.3) is 0 Å². The molecule has 0 atom stereocenters. The van der Waals surface area contributed by atoms with Crippen LogP contribution < -0.4 is 10.2 Å². The Bertz CT molecular complexity index is 266. The topological polar surface area (TPSA) is 25.4 Å². The first kappa shape index (κ1) is 10.1. The molecule has 0 saturated carbocycles. The minimum absolute atomic E-state index is 0.706. The highest BCUT2D eigenvalue weighted by Crippen LogP contribution is 2.03. The Hall–Kier alpha value is -1.03. The number of pyridine rings is 1. The van der Waals surface area contributed by atoms with Gasteiger partial charge < -0.3 is 9.64 Å². The summed E-state index contributed by atoms with van der Waals surface area (Å²) in [5.41, 5.74) is 1.13. The van der Waals surface area contributed by atoms with E-state index < -0.39 is 0 Å². The quantitative estimate of drug-likeness (QED) is 0.569. The van der Waals surface area contributed by atoms with Crippen molar-refractivity contribution >= 4 is 13.3 Å². The molecule has 0 unspecified atom stereocenters. The lowest BCUT2D eigenvalue weighted by Crippen LogP contribution is -2.19. The van der Waals surface area contributed by atoms with Gasteiger partial charge in [0.2, 0.25) is 0 Å². The van der Waals surface area contributed by atoms with E-state index in [9.17, 15) is 0 Å². The molecule has 1 heterocycles. The zero-order valence-electron chi connectivity index (χ0n) is 8.45. The molecule has 0 aliphatic carbocycles. The molecule has 0 N–H and O–H groups in total. The summed E-state index contributed by atoms with van der Waals surface area (Å²) in [6, 6.07) is 1.99. The fourth-order valence-corrected chi connectivity index (χ4v) is 0.952. The summed E-state index contributed by atoms with van der Waals surface area (Å²) in [6.45, 7) is 1.63. The Kier molecular flexibility index (Phi) is 3.77. The van der Waals surface area contributed by atoms with Gasteiger partial charge in [0.05, 0.1) is 6.20 Å². The molecule has 0 aliphatic rings. The maximum absolute atomic E-state index is 5.49. The van der Waals surface area contributed by atoms with Crippen molar-refractivity contribution in [2.75, 3.05) is 27.2 Å². The average molecular weight is 178 g/mol. The van der Waals surface area contributed by atoms with E-state index in [-0.39, 0.29) is 0 Å². The van der Waals surface area contributed by atoms with Crippen LogP contribution in [0, 0.1) is 0 Å². The Morgan fingerprint density at radius 1 is 1.46 bits per heavy atom. The summed E-state index contributed by atoms with van der Waals surface area (Å²) in [5, 5.41) is 0. The number of hydrogen-bond donors (Lipinski definition) is 0. The van der Waals surface area contributed by atoms with Crippen LogP contribution in [0.4, 0.5) is 0 Å². The highest BCUT2D eigenvalue weighted by atomic mass is 16.5. The zero-order valence-corrected chi connectivity index (χ0v) is 8.45. The highest BCUT2D eigenvalue weighted by molar-refractivity contribution is 6.32. The van der Waals surface area contributed by atoms with Crippen molar-refractivity contribution < 1.29 is 4.74 Å². The van der Waals surface area contributed by atoms with E-state index in [0.29, 0.717) is 6.61 Å². The lowest BCUT2D eigenvalue weighted by Gasteiger charge is -2.10. The molecule has 1 aromatic rings. The predicted octanol–water partition coefficient (Wildman–Crippen LogP) is -0.720. The van der Waals surface area contributed by atoms with Crippen molar-refractivity contribution in [2.45, 2.75) is 0 Å². The Labute approximate surface area is 80.1 Å². The van der Waals surface area contributed by atoms with Gasteiger partial charge in [-0.25, -0.2) is 0 Å². The molecule has 0 radical (unpaired) electrons. The summed E-state index contributed by atoms with van der Waals surface area (Å²) in [6.07, 6.45) is 3.56. The third-order valence-electron chi connectivity index (χ3n) is 1.66. The number of hydrogen-bond acceptors (Lipinski definition) is 3. The first-order chi connectivity index (χ1) is 6.18. The van der Waals surface area contributed by atoms with Gasteiger partial charge >= 0.3 is 0 Å². The number of ether oxygens (including phenoxy) is 1. The first-order valence-corrected chi connectivity index (χ1v) is 4.37. The second-order valence-electron chi connectivity index (χ2n) is 3.35. The van der Waals surface area contributed by atoms with Crippen LogP contribution in [0.15, 0.2) is 18.5 Å². The van der Waals surface area contributed by atoms with E-state index in [1.807, 2.05) is 34.2 Å². The molecule has 13 heavy (non-hydrogen) atoms. The Balaban J connectivity index is 2.37. The van der Waals surface area contributed by atoms with Crippen LogP contribution in [0.1, 0.15) is 0 Å². The highest BCUT2D eigenvalue weighted by Gasteiger charge is 1.94. The zero-order chi connectivity index (χ0) is 9.68. The summed E-state index contributed by atoms with van der Waals surface area (Å²) < 4.78 is 5.49. The van der Waals surface area contributed by atoms with Crippen LogP contribution in [0.2, 0.25) is 0 Å². The van der Waals surface area contributed by atoms with E-state index in [1.165, 1.54) is 0 Å². The molecule has 0 fully saturated rings. The van der Waals surface area contributed by atoms with Gasteiger partial charge in [-0.2, -0.15) is 0 Å². The smallest absolute Gasteiger partial charge is 0.141 e. The van der Waals surface area contributed by atoms with Crippen LogP contribution in [-0.4, -0.2) is 45.0 Å². The van der Waals surface area contributed by atoms with Gasteiger partial charge in [-0.05, 0) is 20.2 Å². The van der Waals surface area contributed by atoms with Gasteiger partial charge in [-0.1, -0.05) is 5.46 Å². The van der Waals surface area contributed by atoms with Gasteiger partial charge in [-0.15, -0.1) is 0 Å². The minimum Gasteiger partial charge on any atom is -0.491 e. The standard InChI is InChI=1S/C9H15BN2O/c1-12(2)3-4-13-9-5-8(10)6-11-7-9/h5-7H,3-4,10H2,1-2H3. The molecule has 0 spiro atoms. The van der Waals surface area contributed by atoms with E-state index in [0.717, 1.165) is 17.8 Å². The van der Waals surface area contributed by atoms with Crippen molar-refractivity contribution in [3.8, 4) is 5.75 Å². The van der Waals surface area contributed by atoms with Crippen LogP contribution in [-0.2, 0) is 0 Å². The molecule has 0 bridgehead atoms. The molecule has 70 valence electrons. The molecular weight excluding hydrogens is 163 g/mol. The predicted molar refractivity (Wildman–Crippen MR) is 56.5 cm³/mol. The largest absolute Gasteiger partial charge is 0.491 e. The van der Waals surface area contributed by atoms with Crippen molar-refractivity contribution in [1.29, 1.82) is 0 Å². The maximum atomic E-state index is 5.49. The van der Waals surface area contributed by atoms with Gasteiger partial charge in [0.15, 0.2) is 0 Å². The Morgan fingerprint density at radius 3 is 2.85 bits per heavy atom. The van der Waals surface area contributed by atoms with E-state index in [2.05, 4.69) is 9.88 Å². The fraction of sp³-hybridized carbons (Fsp3) is 0.444. The molecule has 3 nitrogen and oxygen atoms in total. The Morgan fingerprint density at radius 2 is 2.23 bits per heavy atom. The van der Waals surface area contributed by atoms with Crippen LogP contribution >= 0.6 is 0 Å². The van der Waals surface area contributed by atoms with Crippen molar-refractivity contribution in [3.63, 3.8) is 0 Å². The van der Waals surface area contributed by atoms with E-state index in [4.69, 9.17) is 4.74 Å². The van der Waals surface area contributed by atoms with Crippen LogP contribution in [0.25, 0.3) is 0 Å². The lowest BCUT2D eigenvalue weighted by atomic mass is 9.99. The van der Waals surface area contributed by atoms with Gasteiger partial charge in [0.1, 0.15) is 20.2 Å². The first-order valence-electron chi connectivity index (χ1n) is 4.37. The molecule has 1 rings (SSSR count). The lowest BCUT2D eigenvalue weighted by molar-refractivity contribution is 0.261. The molecule has 0 aliphatic heterocycles. The number of rotatable bonds is 4. The monoisotopic (exact) mass is 178 g/mol. The average Bonchev–Trinajstić information content (AvgIpc) is 2.03. The SMILES string of the molecule is Bc1cncc(OCCN(C)C)c1.